The number of aryl methyl sites for hydroxylation is 1. The first-order valence-electron chi connectivity index (χ1n) is 10.8. The Kier molecular flexibility index (Phi) is 5.17. The lowest BCUT2D eigenvalue weighted by Gasteiger charge is -2.19. The Labute approximate surface area is 186 Å². The van der Waals surface area contributed by atoms with Crippen molar-refractivity contribution in [3.05, 3.63) is 88.5 Å². The summed E-state index contributed by atoms with van der Waals surface area (Å²) in [6.07, 6.45) is 3.39. The molecule has 0 amide bonds. The Bertz CT molecular complexity index is 1210. The summed E-state index contributed by atoms with van der Waals surface area (Å²) in [5.41, 5.74) is 4.19. The average molecular weight is 428 g/mol. The van der Waals surface area contributed by atoms with Crippen molar-refractivity contribution in [2.75, 3.05) is 7.11 Å². The number of fused-ring (bicyclic) bond motifs is 5. The molecule has 5 heteroatoms. The number of hydrogen-bond donors (Lipinski definition) is 0. The van der Waals surface area contributed by atoms with Crippen LogP contribution < -0.4 is 14.2 Å². The first-order chi connectivity index (χ1) is 15.5. The SMILES string of the molecule is COc1cccc(C(=O)Oc2cc3c(cc2OC(=O)c2cccc(C)c2)C2CCC3C2)c1. The minimum atomic E-state index is -0.528. The molecule has 5 rings (SSSR count). The molecule has 162 valence electrons. The van der Waals surface area contributed by atoms with Crippen molar-refractivity contribution in [1.82, 2.24) is 0 Å². The molecular weight excluding hydrogens is 404 g/mol. The maximum Gasteiger partial charge on any atom is 0.343 e. The van der Waals surface area contributed by atoms with Crippen molar-refractivity contribution >= 4 is 11.9 Å². The number of ether oxygens (including phenoxy) is 3. The van der Waals surface area contributed by atoms with Crippen LogP contribution in [0.15, 0.2) is 60.7 Å². The summed E-state index contributed by atoms with van der Waals surface area (Å²) in [4.78, 5) is 25.7. The molecule has 0 aromatic heterocycles. The third-order valence-corrected chi connectivity index (χ3v) is 6.43. The van der Waals surface area contributed by atoms with Gasteiger partial charge in [0.1, 0.15) is 5.75 Å². The number of esters is 2. The van der Waals surface area contributed by atoms with Gasteiger partial charge in [0, 0.05) is 0 Å². The summed E-state index contributed by atoms with van der Waals surface area (Å²) in [5, 5.41) is 0. The topological polar surface area (TPSA) is 61.8 Å². The van der Waals surface area contributed by atoms with Crippen molar-refractivity contribution in [2.24, 2.45) is 0 Å². The van der Waals surface area contributed by atoms with Crippen molar-refractivity contribution in [2.45, 2.75) is 38.0 Å². The van der Waals surface area contributed by atoms with Gasteiger partial charge in [-0.05, 0) is 91.6 Å². The third kappa shape index (κ3) is 3.75. The molecule has 32 heavy (non-hydrogen) atoms. The van der Waals surface area contributed by atoms with E-state index in [-0.39, 0.29) is 11.5 Å². The third-order valence-electron chi connectivity index (χ3n) is 6.43. The summed E-state index contributed by atoms with van der Waals surface area (Å²) in [6, 6.07) is 17.8. The number of benzene rings is 3. The molecule has 3 aromatic rings. The highest BCUT2D eigenvalue weighted by molar-refractivity contribution is 5.93. The van der Waals surface area contributed by atoms with Gasteiger partial charge < -0.3 is 14.2 Å². The van der Waals surface area contributed by atoms with Gasteiger partial charge >= 0.3 is 11.9 Å². The standard InChI is InChI=1S/C27H24O5/c1-16-5-3-6-19(11-16)26(28)31-24-14-22-17-9-10-18(12-17)23(22)15-25(24)32-27(29)20-7-4-8-21(13-20)30-2/h3-8,11,13-15,17-18H,9-10,12H2,1-2H3. The average Bonchev–Trinajstić information content (AvgIpc) is 3.41. The van der Waals surface area contributed by atoms with E-state index in [4.69, 9.17) is 14.2 Å². The second-order valence-electron chi connectivity index (χ2n) is 8.52. The Hall–Kier alpha value is -3.60. The van der Waals surface area contributed by atoms with E-state index in [1.54, 1.807) is 43.5 Å². The van der Waals surface area contributed by atoms with Crippen molar-refractivity contribution in [1.29, 1.82) is 0 Å². The molecule has 0 N–H and O–H groups in total. The van der Waals surface area contributed by atoms with Crippen molar-refractivity contribution < 1.29 is 23.8 Å². The van der Waals surface area contributed by atoms with Gasteiger partial charge in [-0.15, -0.1) is 0 Å². The summed E-state index contributed by atoms with van der Waals surface area (Å²) in [7, 11) is 1.54. The van der Waals surface area contributed by atoms with Gasteiger partial charge in [0.15, 0.2) is 11.5 Å². The van der Waals surface area contributed by atoms with E-state index in [1.165, 1.54) is 11.1 Å². The van der Waals surface area contributed by atoms with Crippen molar-refractivity contribution in [3.63, 3.8) is 0 Å². The highest BCUT2D eigenvalue weighted by Crippen LogP contribution is 2.55. The monoisotopic (exact) mass is 428 g/mol. The second kappa shape index (κ2) is 8.15. The number of rotatable bonds is 5. The van der Waals surface area contributed by atoms with Crippen LogP contribution in [-0.4, -0.2) is 19.0 Å². The van der Waals surface area contributed by atoms with Gasteiger partial charge in [0.25, 0.3) is 0 Å². The molecule has 0 radical (unpaired) electrons. The summed E-state index contributed by atoms with van der Waals surface area (Å²) in [6.45, 7) is 1.92. The number of hydrogen-bond acceptors (Lipinski definition) is 5. The largest absolute Gasteiger partial charge is 0.497 e. The van der Waals surface area contributed by atoms with E-state index in [2.05, 4.69) is 0 Å². The molecule has 2 atom stereocenters. The highest BCUT2D eigenvalue weighted by Gasteiger charge is 2.38. The highest BCUT2D eigenvalue weighted by atomic mass is 16.6. The molecule has 0 heterocycles. The molecule has 3 aromatic carbocycles. The molecular formula is C27H24O5. The van der Waals surface area contributed by atoms with E-state index in [0.717, 1.165) is 24.8 Å². The van der Waals surface area contributed by atoms with Crippen LogP contribution in [0.5, 0.6) is 17.2 Å². The maximum atomic E-state index is 12.9. The molecule has 2 bridgehead atoms. The fourth-order valence-electron chi connectivity index (χ4n) is 4.84. The molecule has 1 fully saturated rings. The predicted octanol–water partition coefficient (Wildman–Crippen LogP) is 5.81. The van der Waals surface area contributed by atoms with Gasteiger partial charge in [-0.3, -0.25) is 0 Å². The number of carbonyl (C=O) groups is 2. The van der Waals surface area contributed by atoms with Crippen LogP contribution >= 0.6 is 0 Å². The lowest BCUT2D eigenvalue weighted by Crippen LogP contribution is -2.14. The second-order valence-corrected chi connectivity index (χ2v) is 8.52. The molecule has 1 saturated carbocycles. The minimum absolute atomic E-state index is 0.269. The summed E-state index contributed by atoms with van der Waals surface area (Å²) >= 11 is 0. The Balaban J connectivity index is 1.48. The summed E-state index contributed by atoms with van der Waals surface area (Å²) in [5.74, 6) is 1.07. The normalized spacial score (nSPS) is 18.2. The quantitative estimate of drug-likeness (QED) is 0.379. The zero-order valence-electron chi connectivity index (χ0n) is 18.1. The van der Waals surface area contributed by atoms with Crippen LogP contribution in [0, 0.1) is 6.92 Å². The van der Waals surface area contributed by atoms with Crippen LogP contribution in [0.25, 0.3) is 0 Å². The number of carbonyl (C=O) groups excluding carboxylic acids is 2. The Morgan fingerprint density at radius 2 is 1.34 bits per heavy atom. The van der Waals surface area contributed by atoms with Crippen molar-refractivity contribution in [3.8, 4) is 17.2 Å². The molecule has 0 saturated heterocycles. The van der Waals surface area contributed by atoms with E-state index in [1.807, 2.05) is 31.2 Å². The van der Waals surface area contributed by atoms with E-state index < -0.39 is 11.9 Å². The van der Waals surface area contributed by atoms with E-state index in [0.29, 0.717) is 28.7 Å². The minimum Gasteiger partial charge on any atom is -0.497 e. The Morgan fingerprint density at radius 3 is 1.91 bits per heavy atom. The zero-order chi connectivity index (χ0) is 22.2. The smallest absolute Gasteiger partial charge is 0.343 e. The van der Waals surface area contributed by atoms with Gasteiger partial charge in [0.2, 0.25) is 0 Å². The molecule has 5 nitrogen and oxygen atoms in total. The van der Waals surface area contributed by atoms with Gasteiger partial charge in [-0.25, -0.2) is 9.59 Å². The fourth-order valence-corrected chi connectivity index (χ4v) is 4.84. The first kappa shape index (κ1) is 20.3. The van der Waals surface area contributed by atoms with Gasteiger partial charge in [-0.2, -0.15) is 0 Å². The lowest BCUT2D eigenvalue weighted by molar-refractivity contribution is 0.0682. The van der Waals surface area contributed by atoms with Gasteiger partial charge in [0.05, 0.1) is 18.2 Å². The Morgan fingerprint density at radius 1 is 0.781 bits per heavy atom. The van der Waals surface area contributed by atoms with Crippen LogP contribution in [0.1, 0.15) is 68.5 Å². The van der Waals surface area contributed by atoms with Crippen LogP contribution in [0.3, 0.4) is 0 Å². The predicted molar refractivity (Wildman–Crippen MR) is 120 cm³/mol. The molecule has 2 aliphatic rings. The first-order valence-corrected chi connectivity index (χ1v) is 10.8. The van der Waals surface area contributed by atoms with Gasteiger partial charge in [-0.1, -0.05) is 23.8 Å². The fraction of sp³-hybridized carbons (Fsp3) is 0.259. The molecule has 0 spiro atoms. The number of methoxy groups -OCH3 is 1. The van der Waals surface area contributed by atoms with E-state index >= 15 is 0 Å². The van der Waals surface area contributed by atoms with E-state index in [9.17, 15) is 9.59 Å². The molecule has 0 aliphatic heterocycles. The van der Waals surface area contributed by atoms with Crippen LogP contribution in [-0.2, 0) is 0 Å². The maximum absolute atomic E-state index is 12.9. The lowest BCUT2D eigenvalue weighted by atomic mass is 9.91. The van der Waals surface area contributed by atoms with Crippen LogP contribution in [0.2, 0.25) is 0 Å². The molecule has 2 aliphatic carbocycles. The summed E-state index contributed by atoms with van der Waals surface area (Å²) < 4.78 is 16.7. The zero-order valence-corrected chi connectivity index (χ0v) is 18.1. The molecule has 2 unspecified atom stereocenters. The van der Waals surface area contributed by atoms with Crippen LogP contribution in [0.4, 0.5) is 0 Å².